The molecule has 4 atom stereocenters. The van der Waals surface area contributed by atoms with E-state index in [9.17, 15) is 14.0 Å². The summed E-state index contributed by atoms with van der Waals surface area (Å²) in [4.78, 5) is 29.9. The van der Waals surface area contributed by atoms with Crippen molar-refractivity contribution in [3.8, 4) is 0 Å². The van der Waals surface area contributed by atoms with Crippen LogP contribution in [-0.2, 0) is 20.9 Å². The number of amides is 2. The molecule has 7 nitrogen and oxygen atoms in total. The smallest absolute Gasteiger partial charge is 0.234 e. The standard InChI is InChI=1S/C22H23FN4O3/c1-25(11-3-13-26-12-2-10-24-26)20(28)18-17-8-9-22(30-17)14-27(21(29)19(18)22)16-6-4-15(23)5-7-16/h2,4-10,12,17-19H,3,11,13-14H2,1H3/t17-,18-,19-,22-/m0/s1. The zero-order valence-electron chi connectivity index (χ0n) is 16.6. The average Bonchev–Trinajstić information content (AvgIpc) is 3.50. The Balaban J connectivity index is 1.31. The van der Waals surface area contributed by atoms with Crippen LogP contribution in [0.15, 0.2) is 54.9 Å². The average molecular weight is 410 g/mol. The summed E-state index contributed by atoms with van der Waals surface area (Å²) in [5.41, 5.74) is -0.170. The third kappa shape index (κ3) is 2.94. The molecule has 8 heteroatoms. The van der Waals surface area contributed by atoms with Gasteiger partial charge in [0.1, 0.15) is 11.4 Å². The van der Waals surface area contributed by atoms with Crippen LogP contribution < -0.4 is 4.90 Å². The van der Waals surface area contributed by atoms with Crippen molar-refractivity contribution >= 4 is 17.5 Å². The second-order valence-electron chi connectivity index (χ2n) is 8.18. The number of nitrogens with zero attached hydrogens (tertiary/aromatic N) is 4. The maximum Gasteiger partial charge on any atom is 0.234 e. The summed E-state index contributed by atoms with van der Waals surface area (Å²) in [7, 11) is 1.77. The molecule has 3 aliphatic rings. The number of carbonyl (C=O) groups is 2. The Hall–Kier alpha value is -3.00. The summed E-state index contributed by atoms with van der Waals surface area (Å²) in [6.45, 7) is 1.63. The highest BCUT2D eigenvalue weighted by molar-refractivity contribution is 6.03. The van der Waals surface area contributed by atoms with Crippen molar-refractivity contribution in [3.63, 3.8) is 0 Å². The summed E-state index contributed by atoms with van der Waals surface area (Å²) in [6.07, 6.45) is 7.83. The number of hydrogen-bond acceptors (Lipinski definition) is 4. The predicted molar refractivity (Wildman–Crippen MR) is 107 cm³/mol. The lowest BCUT2D eigenvalue weighted by Gasteiger charge is -2.27. The number of rotatable bonds is 6. The van der Waals surface area contributed by atoms with Crippen LogP contribution in [0.3, 0.4) is 0 Å². The second kappa shape index (κ2) is 7.05. The lowest BCUT2D eigenvalue weighted by atomic mass is 9.76. The molecule has 156 valence electrons. The fraction of sp³-hybridized carbons (Fsp3) is 0.409. The first-order chi connectivity index (χ1) is 14.5. The molecule has 1 aromatic carbocycles. The number of anilines is 1. The van der Waals surface area contributed by atoms with Crippen molar-refractivity contribution in [2.75, 3.05) is 25.0 Å². The highest BCUT2D eigenvalue weighted by Crippen LogP contribution is 2.53. The maximum atomic E-state index is 13.3. The van der Waals surface area contributed by atoms with Crippen LogP contribution >= 0.6 is 0 Å². The van der Waals surface area contributed by atoms with Crippen LogP contribution in [0.25, 0.3) is 0 Å². The van der Waals surface area contributed by atoms with Crippen molar-refractivity contribution in [3.05, 3.63) is 60.7 Å². The van der Waals surface area contributed by atoms with Crippen molar-refractivity contribution in [1.29, 1.82) is 0 Å². The largest absolute Gasteiger partial charge is 0.360 e. The summed E-state index contributed by atoms with van der Waals surface area (Å²) >= 11 is 0. The molecule has 0 unspecified atom stereocenters. The number of halogens is 1. The molecule has 2 saturated heterocycles. The summed E-state index contributed by atoms with van der Waals surface area (Å²) in [6, 6.07) is 7.70. The van der Waals surface area contributed by atoms with E-state index in [0.29, 0.717) is 18.8 Å². The van der Waals surface area contributed by atoms with E-state index in [-0.39, 0.29) is 23.7 Å². The summed E-state index contributed by atoms with van der Waals surface area (Å²) in [5.74, 6) is -1.67. The third-order valence-electron chi connectivity index (χ3n) is 6.34. The SMILES string of the molecule is CN(CCCn1cccn1)C(=O)[C@H]1[C@@H]2C=C[C@@]3(CN(c4ccc(F)cc4)C(=O)[C@H]13)O2. The Morgan fingerprint density at radius 2 is 2.17 bits per heavy atom. The van der Waals surface area contributed by atoms with E-state index in [1.807, 2.05) is 29.1 Å². The number of fused-ring (bicyclic) bond motifs is 1. The van der Waals surface area contributed by atoms with Crippen LogP contribution in [0.5, 0.6) is 0 Å². The van der Waals surface area contributed by atoms with Gasteiger partial charge in [0.2, 0.25) is 11.8 Å². The molecular weight excluding hydrogens is 387 g/mol. The molecule has 4 heterocycles. The van der Waals surface area contributed by atoms with Crippen LogP contribution in [0.4, 0.5) is 10.1 Å². The number of ether oxygens (including phenoxy) is 1. The first-order valence-electron chi connectivity index (χ1n) is 10.1. The molecular formula is C22H23FN4O3. The summed E-state index contributed by atoms with van der Waals surface area (Å²) < 4.78 is 21.3. The molecule has 0 saturated carbocycles. The molecule has 2 fully saturated rings. The Kier molecular flexibility index (Phi) is 4.47. The van der Waals surface area contributed by atoms with E-state index >= 15 is 0 Å². The van der Waals surface area contributed by atoms with Gasteiger partial charge < -0.3 is 14.5 Å². The molecule has 30 heavy (non-hydrogen) atoms. The Labute approximate surface area is 173 Å². The van der Waals surface area contributed by atoms with Crippen LogP contribution in [0.2, 0.25) is 0 Å². The fourth-order valence-electron chi connectivity index (χ4n) is 4.89. The van der Waals surface area contributed by atoms with E-state index < -0.39 is 17.4 Å². The zero-order chi connectivity index (χ0) is 20.9. The van der Waals surface area contributed by atoms with Gasteiger partial charge in [0.25, 0.3) is 0 Å². The highest BCUT2D eigenvalue weighted by atomic mass is 19.1. The number of aryl methyl sites for hydroxylation is 1. The topological polar surface area (TPSA) is 67.7 Å². The molecule has 0 N–H and O–H groups in total. The van der Waals surface area contributed by atoms with Gasteiger partial charge in [0.05, 0.1) is 24.5 Å². The molecule has 0 radical (unpaired) electrons. The second-order valence-corrected chi connectivity index (χ2v) is 8.18. The Morgan fingerprint density at radius 3 is 2.90 bits per heavy atom. The Bertz CT molecular complexity index is 990. The van der Waals surface area contributed by atoms with Gasteiger partial charge in [-0.2, -0.15) is 5.10 Å². The normalized spacial score (nSPS) is 28.9. The maximum absolute atomic E-state index is 13.3. The van der Waals surface area contributed by atoms with Gasteiger partial charge in [0, 0.05) is 38.2 Å². The van der Waals surface area contributed by atoms with E-state index in [1.165, 1.54) is 12.1 Å². The van der Waals surface area contributed by atoms with Crippen molar-refractivity contribution in [2.45, 2.75) is 24.7 Å². The number of benzene rings is 1. The lowest BCUT2D eigenvalue weighted by molar-refractivity contribution is -0.139. The van der Waals surface area contributed by atoms with E-state index in [4.69, 9.17) is 4.74 Å². The Morgan fingerprint density at radius 1 is 1.37 bits per heavy atom. The molecule has 1 spiro atoms. The first kappa shape index (κ1) is 19.0. The summed E-state index contributed by atoms with van der Waals surface area (Å²) in [5, 5.41) is 4.17. The van der Waals surface area contributed by atoms with E-state index in [2.05, 4.69) is 5.10 Å². The molecule has 5 rings (SSSR count). The predicted octanol–water partition coefficient (Wildman–Crippen LogP) is 1.86. The van der Waals surface area contributed by atoms with Crippen LogP contribution in [0.1, 0.15) is 6.42 Å². The quantitative estimate of drug-likeness (QED) is 0.682. The van der Waals surface area contributed by atoms with Gasteiger partial charge >= 0.3 is 0 Å². The molecule has 1 aromatic heterocycles. The van der Waals surface area contributed by atoms with Crippen molar-refractivity contribution < 1.29 is 18.7 Å². The molecule has 2 amide bonds. The van der Waals surface area contributed by atoms with Crippen molar-refractivity contribution in [2.24, 2.45) is 11.8 Å². The molecule has 3 aliphatic heterocycles. The lowest BCUT2D eigenvalue weighted by Crippen LogP contribution is -2.45. The number of carbonyl (C=O) groups excluding carboxylic acids is 2. The highest BCUT2D eigenvalue weighted by Gasteiger charge is 2.67. The molecule has 2 aromatic rings. The number of aromatic nitrogens is 2. The molecule has 2 bridgehead atoms. The van der Waals surface area contributed by atoms with E-state index in [1.54, 1.807) is 35.2 Å². The van der Waals surface area contributed by atoms with Crippen molar-refractivity contribution in [1.82, 2.24) is 14.7 Å². The fourth-order valence-corrected chi connectivity index (χ4v) is 4.89. The van der Waals surface area contributed by atoms with Gasteiger partial charge in [-0.05, 0) is 36.8 Å². The minimum Gasteiger partial charge on any atom is -0.360 e. The van der Waals surface area contributed by atoms with Crippen LogP contribution in [-0.4, -0.2) is 58.3 Å². The minimum absolute atomic E-state index is 0.0778. The first-order valence-corrected chi connectivity index (χ1v) is 10.1. The number of hydrogen-bond donors (Lipinski definition) is 0. The third-order valence-corrected chi connectivity index (χ3v) is 6.34. The molecule has 0 aliphatic carbocycles. The van der Waals surface area contributed by atoms with Gasteiger partial charge in [-0.25, -0.2) is 4.39 Å². The van der Waals surface area contributed by atoms with Gasteiger partial charge in [-0.1, -0.05) is 12.2 Å². The minimum atomic E-state index is -0.785. The zero-order valence-corrected chi connectivity index (χ0v) is 16.6. The van der Waals surface area contributed by atoms with Gasteiger partial charge in [-0.15, -0.1) is 0 Å². The van der Waals surface area contributed by atoms with E-state index in [0.717, 1.165) is 13.0 Å². The van der Waals surface area contributed by atoms with Gasteiger partial charge in [0.15, 0.2) is 0 Å². The van der Waals surface area contributed by atoms with Crippen LogP contribution in [0, 0.1) is 17.7 Å². The monoisotopic (exact) mass is 410 g/mol. The van der Waals surface area contributed by atoms with Gasteiger partial charge in [-0.3, -0.25) is 14.3 Å².